The smallest absolute Gasteiger partial charge is 0.330 e. The number of amides is 2. The van der Waals surface area contributed by atoms with E-state index in [9.17, 15) is 24.6 Å². The van der Waals surface area contributed by atoms with E-state index in [-0.39, 0.29) is 32.8 Å². The number of aliphatic hydroxyl groups is 2. The molecule has 0 saturated heterocycles. The summed E-state index contributed by atoms with van der Waals surface area (Å²) in [5.41, 5.74) is -1.30. The van der Waals surface area contributed by atoms with Gasteiger partial charge in [-0.05, 0) is 83.1 Å². The van der Waals surface area contributed by atoms with Crippen LogP contribution < -0.4 is 15.4 Å². The third-order valence-corrected chi connectivity index (χ3v) is 7.18. The van der Waals surface area contributed by atoms with Crippen molar-refractivity contribution in [3.05, 3.63) is 102 Å². The predicted octanol–water partition coefficient (Wildman–Crippen LogP) is 6.72. The molecule has 270 valence electrons. The molecule has 1 unspecified atom stereocenters. The quantitative estimate of drug-likeness (QED) is 0.0658. The summed E-state index contributed by atoms with van der Waals surface area (Å²) in [7, 11) is 0. The zero-order valence-electron chi connectivity index (χ0n) is 29.2. The molecular formula is C39H55ClN2O7. The van der Waals surface area contributed by atoms with Gasteiger partial charge in [0.1, 0.15) is 11.8 Å². The second-order valence-electron chi connectivity index (χ2n) is 11.7. The second kappa shape index (κ2) is 27.0. The van der Waals surface area contributed by atoms with Crippen LogP contribution in [-0.2, 0) is 19.1 Å². The fraction of sp³-hybridized carbons (Fsp3) is 0.462. The molecule has 0 saturated carbocycles. The first-order valence-corrected chi connectivity index (χ1v) is 17.3. The minimum atomic E-state index is -1.30. The zero-order chi connectivity index (χ0) is 36.2. The van der Waals surface area contributed by atoms with Crippen molar-refractivity contribution < 1.29 is 34.1 Å². The fourth-order valence-corrected chi connectivity index (χ4v) is 4.15. The number of allylic oxidation sites excluding steroid dienone is 12. The van der Waals surface area contributed by atoms with Crippen molar-refractivity contribution in [1.82, 2.24) is 10.6 Å². The van der Waals surface area contributed by atoms with Gasteiger partial charge in [-0.25, -0.2) is 4.79 Å². The first-order valence-electron chi connectivity index (χ1n) is 16.9. The van der Waals surface area contributed by atoms with Crippen LogP contribution in [0.25, 0.3) is 0 Å². The van der Waals surface area contributed by atoms with Gasteiger partial charge in [0.25, 0.3) is 5.91 Å². The average molecular weight is 699 g/mol. The predicted molar refractivity (Wildman–Crippen MR) is 197 cm³/mol. The highest BCUT2D eigenvalue weighted by Crippen LogP contribution is 2.21. The summed E-state index contributed by atoms with van der Waals surface area (Å²) in [6.07, 6.45) is 31.4. The number of nitrogens with one attached hydrogen (secondary N) is 2. The molecule has 0 aliphatic heterocycles. The highest BCUT2D eigenvalue weighted by atomic mass is 35.5. The Hall–Kier alpha value is -3.92. The molecule has 1 atom stereocenters. The van der Waals surface area contributed by atoms with Crippen LogP contribution in [0.5, 0.6) is 5.75 Å². The summed E-state index contributed by atoms with van der Waals surface area (Å²) in [6, 6.07) is 5.35. The number of carbonyl (C=O) groups excluding carboxylic acids is 3. The minimum Gasteiger partial charge on any atom is -0.478 e. The number of esters is 1. The summed E-state index contributed by atoms with van der Waals surface area (Å²) in [4.78, 5) is 38.5. The molecule has 0 heterocycles. The lowest BCUT2D eigenvalue weighted by atomic mass is 10.1. The molecule has 2 amide bonds. The number of ether oxygens (including phenoxy) is 2. The Morgan fingerprint density at radius 2 is 1.29 bits per heavy atom. The molecule has 0 bridgehead atoms. The van der Waals surface area contributed by atoms with Gasteiger partial charge in [0.2, 0.25) is 5.91 Å². The van der Waals surface area contributed by atoms with E-state index in [0.717, 1.165) is 38.5 Å². The van der Waals surface area contributed by atoms with E-state index in [4.69, 9.17) is 21.1 Å². The van der Waals surface area contributed by atoms with E-state index in [1.54, 1.807) is 38.1 Å². The van der Waals surface area contributed by atoms with Gasteiger partial charge in [-0.2, -0.15) is 0 Å². The molecule has 0 spiro atoms. The van der Waals surface area contributed by atoms with Crippen molar-refractivity contribution in [3.8, 4) is 5.75 Å². The lowest BCUT2D eigenvalue weighted by Gasteiger charge is -2.27. The maximum absolute atomic E-state index is 13.0. The van der Waals surface area contributed by atoms with Gasteiger partial charge in [-0.3, -0.25) is 9.59 Å². The van der Waals surface area contributed by atoms with Gasteiger partial charge in [-0.1, -0.05) is 91.4 Å². The van der Waals surface area contributed by atoms with Gasteiger partial charge >= 0.3 is 5.97 Å². The second-order valence-corrected chi connectivity index (χ2v) is 12.1. The van der Waals surface area contributed by atoms with Gasteiger partial charge in [0.05, 0.1) is 19.8 Å². The van der Waals surface area contributed by atoms with Crippen molar-refractivity contribution in [2.45, 2.75) is 83.8 Å². The Morgan fingerprint density at radius 3 is 1.78 bits per heavy atom. The van der Waals surface area contributed by atoms with Crippen molar-refractivity contribution in [2.75, 3.05) is 26.4 Å². The van der Waals surface area contributed by atoms with Crippen LogP contribution in [-0.4, -0.2) is 66.0 Å². The van der Waals surface area contributed by atoms with Crippen LogP contribution in [0, 0.1) is 5.92 Å². The van der Waals surface area contributed by atoms with Gasteiger partial charge < -0.3 is 30.3 Å². The molecule has 1 rings (SSSR count). The normalized spacial score (nSPS) is 13.1. The Labute approximate surface area is 297 Å². The summed E-state index contributed by atoms with van der Waals surface area (Å²) >= 11 is 5.92. The molecule has 9 nitrogen and oxygen atoms in total. The SMILES string of the molecule is CCC=CCC=CCC=CCC=CCC=CCC=CCCC(=O)NC(CNC(=O)C(C)(C)Oc1ccc(Cl)cc1)C(=O)OCC(CO)CO. The molecule has 4 N–H and O–H groups in total. The van der Waals surface area contributed by atoms with E-state index >= 15 is 0 Å². The standard InChI is InChI=1S/C39H55ClN2O7/c1-4-5-6-7-8-9-10-11-12-13-14-15-16-17-18-19-20-21-22-23-36(45)42-35(37(46)48-31-32(29-43)30-44)28-41-38(47)39(2,3)49-34-26-24-33(40)25-27-34/h5-6,8-9,11-12,14-15,17-18,20-21,24-27,32,35,43-44H,4,7,10,13,16,19,22-23,28-31H2,1-3H3,(H,41,47)(H,42,45). The number of halogens is 1. The zero-order valence-corrected chi connectivity index (χ0v) is 29.9. The first kappa shape index (κ1) is 43.1. The van der Waals surface area contributed by atoms with Gasteiger partial charge in [0, 0.05) is 23.9 Å². The van der Waals surface area contributed by atoms with Crippen LogP contribution in [0.4, 0.5) is 0 Å². The molecule has 10 heteroatoms. The molecular weight excluding hydrogens is 644 g/mol. The molecule has 1 aromatic carbocycles. The van der Waals surface area contributed by atoms with Crippen molar-refractivity contribution in [2.24, 2.45) is 5.92 Å². The number of carbonyl (C=O) groups is 3. The Bertz CT molecular complexity index is 1260. The topological polar surface area (TPSA) is 134 Å². The number of benzene rings is 1. The number of hydrogen-bond acceptors (Lipinski definition) is 7. The summed E-state index contributed by atoms with van der Waals surface area (Å²) in [5, 5.41) is 24.4. The lowest BCUT2D eigenvalue weighted by Crippen LogP contribution is -2.54. The fourth-order valence-electron chi connectivity index (χ4n) is 4.03. The van der Waals surface area contributed by atoms with Crippen LogP contribution in [0.3, 0.4) is 0 Å². The lowest BCUT2D eigenvalue weighted by molar-refractivity contribution is -0.150. The largest absolute Gasteiger partial charge is 0.478 e. The van der Waals surface area contributed by atoms with Crippen LogP contribution >= 0.6 is 11.6 Å². The van der Waals surface area contributed by atoms with Crippen LogP contribution in [0.1, 0.15) is 72.1 Å². The number of rotatable bonds is 25. The number of hydrogen-bond donors (Lipinski definition) is 4. The minimum absolute atomic E-state index is 0.126. The molecule has 0 radical (unpaired) electrons. The van der Waals surface area contributed by atoms with Crippen LogP contribution in [0.15, 0.2) is 97.2 Å². The van der Waals surface area contributed by atoms with E-state index in [1.165, 1.54) is 0 Å². The van der Waals surface area contributed by atoms with E-state index in [1.807, 2.05) is 12.2 Å². The highest BCUT2D eigenvalue weighted by molar-refractivity contribution is 6.30. The summed E-state index contributed by atoms with van der Waals surface area (Å²) < 4.78 is 11.0. The first-order chi connectivity index (χ1) is 23.6. The maximum Gasteiger partial charge on any atom is 0.330 e. The maximum atomic E-state index is 13.0. The highest BCUT2D eigenvalue weighted by Gasteiger charge is 2.32. The van der Waals surface area contributed by atoms with Crippen molar-refractivity contribution in [3.63, 3.8) is 0 Å². The van der Waals surface area contributed by atoms with E-state index < -0.39 is 35.3 Å². The third kappa shape index (κ3) is 21.6. The Morgan fingerprint density at radius 1 is 0.796 bits per heavy atom. The summed E-state index contributed by atoms with van der Waals surface area (Å²) in [5.74, 6) is -1.94. The van der Waals surface area contributed by atoms with Gasteiger partial charge in [-0.15, -0.1) is 0 Å². The molecule has 0 aliphatic rings. The molecule has 0 aromatic heterocycles. The molecule has 0 aliphatic carbocycles. The molecule has 0 fully saturated rings. The van der Waals surface area contributed by atoms with E-state index in [2.05, 4.69) is 78.3 Å². The molecule has 49 heavy (non-hydrogen) atoms. The summed E-state index contributed by atoms with van der Waals surface area (Å²) in [6.45, 7) is 4.03. The van der Waals surface area contributed by atoms with Crippen molar-refractivity contribution in [1.29, 1.82) is 0 Å². The Balaban J connectivity index is 2.49. The number of aliphatic hydroxyl groups excluding tert-OH is 2. The van der Waals surface area contributed by atoms with Gasteiger partial charge in [0.15, 0.2) is 5.60 Å². The van der Waals surface area contributed by atoms with Crippen molar-refractivity contribution >= 4 is 29.4 Å². The third-order valence-electron chi connectivity index (χ3n) is 6.93. The molecule has 1 aromatic rings. The van der Waals surface area contributed by atoms with E-state index in [0.29, 0.717) is 17.2 Å². The van der Waals surface area contributed by atoms with Crippen LogP contribution in [0.2, 0.25) is 5.02 Å². The Kier molecular flexibility index (Phi) is 23.7. The average Bonchev–Trinajstić information content (AvgIpc) is 3.08. The monoisotopic (exact) mass is 698 g/mol.